The van der Waals surface area contributed by atoms with Crippen molar-refractivity contribution in [1.29, 1.82) is 0 Å². The van der Waals surface area contributed by atoms with Crippen LogP contribution in [0.4, 0.5) is 0 Å². The van der Waals surface area contributed by atoms with Crippen molar-refractivity contribution in [2.75, 3.05) is 0 Å². The van der Waals surface area contributed by atoms with Crippen molar-refractivity contribution in [2.45, 2.75) is 27.2 Å². The summed E-state index contributed by atoms with van der Waals surface area (Å²) in [6.07, 6.45) is 24.0. The van der Waals surface area contributed by atoms with Gasteiger partial charge in [0.05, 0.1) is 0 Å². The van der Waals surface area contributed by atoms with Crippen LogP contribution in [0.3, 0.4) is 0 Å². The molecule has 1 aromatic carbocycles. The normalized spacial score (nSPS) is 32.9. The van der Waals surface area contributed by atoms with E-state index in [0.717, 1.165) is 6.42 Å². The zero-order valence-corrected chi connectivity index (χ0v) is 17.9. The van der Waals surface area contributed by atoms with Crippen LogP contribution in [-0.2, 0) is 0 Å². The first-order chi connectivity index (χ1) is 14.5. The van der Waals surface area contributed by atoms with E-state index in [4.69, 9.17) is 0 Å². The van der Waals surface area contributed by atoms with Gasteiger partial charge in [-0.2, -0.15) is 0 Å². The van der Waals surface area contributed by atoms with Gasteiger partial charge in [-0.05, 0) is 47.5 Å². The summed E-state index contributed by atoms with van der Waals surface area (Å²) in [7, 11) is 0. The minimum atomic E-state index is -0.00539. The summed E-state index contributed by atoms with van der Waals surface area (Å²) in [6.45, 7) is 7.31. The number of allylic oxidation sites excluding steroid dienone is 8. The zero-order valence-electron chi connectivity index (χ0n) is 17.9. The molecule has 3 saturated carbocycles. The molecule has 30 heavy (non-hydrogen) atoms. The summed E-state index contributed by atoms with van der Waals surface area (Å²) in [5.74, 6) is 11.5. The standard InChI is InChI=1S/C30H26/c1-29(2)19-30(3,27-18-21(17-26(27)29)20-11-5-4-6-12-20)28-24-15-9-7-13-22(24)23-14-8-10-16-25(23)28/h4-18H,19H2,1-3H3. The van der Waals surface area contributed by atoms with Crippen molar-refractivity contribution in [2.24, 2.45) is 10.8 Å². The van der Waals surface area contributed by atoms with E-state index in [0.29, 0.717) is 0 Å². The quantitative estimate of drug-likeness (QED) is 0.527. The van der Waals surface area contributed by atoms with Crippen molar-refractivity contribution in [1.82, 2.24) is 0 Å². The first-order valence-corrected chi connectivity index (χ1v) is 10.9. The molecule has 3 fully saturated rings. The number of fused-ring (bicyclic) bond motifs is 4. The van der Waals surface area contributed by atoms with Crippen LogP contribution >= 0.6 is 0 Å². The Balaban J connectivity index is 1.40. The fourth-order valence-electron chi connectivity index (χ4n) is 6.23. The summed E-state index contributed by atoms with van der Waals surface area (Å²) >= 11 is 0. The first-order valence-electron chi connectivity index (χ1n) is 10.9. The molecule has 1 unspecified atom stereocenters. The lowest BCUT2D eigenvalue weighted by molar-refractivity contribution is 0.310. The van der Waals surface area contributed by atoms with Gasteiger partial charge in [-0.15, -0.1) is 0 Å². The van der Waals surface area contributed by atoms with Crippen LogP contribution in [0.2, 0.25) is 0 Å². The van der Waals surface area contributed by atoms with E-state index in [9.17, 15) is 0 Å². The zero-order chi connectivity index (χ0) is 20.5. The second-order valence-corrected chi connectivity index (χ2v) is 9.80. The molecule has 10 radical (unpaired) electrons. The van der Waals surface area contributed by atoms with E-state index < -0.39 is 0 Å². The van der Waals surface area contributed by atoms with Gasteiger partial charge in [0.25, 0.3) is 0 Å². The minimum absolute atomic E-state index is 0.00539. The van der Waals surface area contributed by atoms with Crippen molar-refractivity contribution in [3.8, 4) is 0 Å². The third kappa shape index (κ3) is 2.58. The molecule has 5 aliphatic carbocycles. The molecule has 0 aliphatic heterocycles. The second-order valence-electron chi connectivity index (χ2n) is 9.80. The lowest BCUT2D eigenvalue weighted by atomic mass is 9.60. The Morgan fingerprint density at radius 3 is 1.77 bits per heavy atom. The monoisotopic (exact) mass is 386 g/mol. The van der Waals surface area contributed by atoms with Gasteiger partial charge in [-0.1, -0.05) is 99.7 Å². The lowest BCUT2D eigenvalue weighted by Crippen LogP contribution is -2.34. The number of benzene rings is 1. The van der Waals surface area contributed by atoms with Gasteiger partial charge in [0.2, 0.25) is 0 Å². The van der Waals surface area contributed by atoms with Crippen LogP contribution < -0.4 is 0 Å². The molecule has 0 bridgehead atoms. The predicted molar refractivity (Wildman–Crippen MR) is 123 cm³/mol. The van der Waals surface area contributed by atoms with Gasteiger partial charge in [0.1, 0.15) is 0 Å². The Labute approximate surface area is 182 Å². The lowest BCUT2D eigenvalue weighted by Gasteiger charge is -2.42. The third-order valence-electron chi connectivity index (χ3n) is 7.35. The van der Waals surface area contributed by atoms with Crippen molar-refractivity contribution < 1.29 is 0 Å². The molecule has 0 amide bonds. The van der Waals surface area contributed by atoms with Gasteiger partial charge in [0, 0.05) is 35.5 Å². The van der Waals surface area contributed by atoms with E-state index in [-0.39, 0.29) is 10.8 Å². The molecule has 0 nitrogen and oxygen atoms in total. The fraction of sp³-hybridized carbons (Fsp3) is 0.200. The SMILES string of the molecule is CC1(C)CC(C)([C]2[C]3C=CC=C[C]3[C]3C=CC=C[C]32)[C]2[CH][C](c3ccccc3)[CH][C]21. The molecule has 0 heteroatoms. The molecule has 0 spiro atoms. The van der Waals surface area contributed by atoms with E-state index in [1.165, 1.54) is 52.9 Å². The highest BCUT2D eigenvalue weighted by Crippen LogP contribution is 2.75. The highest BCUT2D eigenvalue weighted by Gasteiger charge is 2.66. The summed E-state index contributed by atoms with van der Waals surface area (Å²) in [5, 5.41) is 0. The third-order valence-corrected chi connectivity index (χ3v) is 7.35. The van der Waals surface area contributed by atoms with E-state index in [1.54, 1.807) is 0 Å². The van der Waals surface area contributed by atoms with E-state index in [1.807, 2.05) is 0 Å². The summed E-state index contributed by atoms with van der Waals surface area (Å²) in [4.78, 5) is 0. The van der Waals surface area contributed by atoms with Gasteiger partial charge in [-0.3, -0.25) is 0 Å². The van der Waals surface area contributed by atoms with Gasteiger partial charge >= 0.3 is 0 Å². The smallest absolute Gasteiger partial charge is 0.0209 e. The topological polar surface area (TPSA) is 0 Å². The molecule has 0 saturated heterocycles. The van der Waals surface area contributed by atoms with Crippen LogP contribution in [-0.4, -0.2) is 0 Å². The summed E-state index contributed by atoms with van der Waals surface area (Å²) in [6, 6.07) is 10.8. The molecular weight excluding hydrogens is 360 g/mol. The van der Waals surface area contributed by atoms with Crippen molar-refractivity contribution in [3.63, 3.8) is 0 Å². The molecule has 0 aromatic heterocycles. The van der Waals surface area contributed by atoms with Gasteiger partial charge < -0.3 is 0 Å². The Morgan fingerprint density at radius 1 is 0.633 bits per heavy atom. The Kier molecular flexibility index (Phi) is 4.15. The highest BCUT2D eigenvalue weighted by atomic mass is 14.7. The van der Waals surface area contributed by atoms with Crippen LogP contribution in [0.15, 0.2) is 78.9 Å². The van der Waals surface area contributed by atoms with Crippen molar-refractivity contribution >= 4 is 0 Å². The van der Waals surface area contributed by atoms with E-state index in [2.05, 4.69) is 113 Å². The van der Waals surface area contributed by atoms with Gasteiger partial charge in [0.15, 0.2) is 0 Å². The largest absolute Gasteiger partial charge is 0.0758 e. The van der Waals surface area contributed by atoms with Crippen LogP contribution in [0.5, 0.6) is 0 Å². The maximum Gasteiger partial charge on any atom is 0.0209 e. The average Bonchev–Trinajstić information content (AvgIpc) is 3.40. The Morgan fingerprint density at radius 2 is 1.17 bits per heavy atom. The predicted octanol–water partition coefficient (Wildman–Crippen LogP) is 6.75. The molecule has 0 heterocycles. The number of hydrogen-bond acceptors (Lipinski definition) is 0. The Bertz CT molecular complexity index is 894. The molecule has 0 N–H and O–H groups in total. The minimum Gasteiger partial charge on any atom is -0.0758 e. The Hall–Kier alpha value is -1.82. The van der Waals surface area contributed by atoms with Gasteiger partial charge in [-0.25, -0.2) is 0 Å². The van der Waals surface area contributed by atoms with Crippen LogP contribution in [0.25, 0.3) is 0 Å². The number of hydrogen-bond donors (Lipinski definition) is 0. The van der Waals surface area contributed by atoms with Crippen LogP contribution in [0, 0.1) is 71.0 Å². The number of rotatable bonds is 2. The van der Waals surface area contributed by atoms with E-state index >= 15 is 0 Å². The van der Waals surface area contributed by atoms with Crippen molar-refractivity contribution in [3.05, 3.63) is 145 Å². The highest BCUT2D eigenvalue weighted by molar-refractivity contribution is 5.80. The summed E-state index contributed by atoms with van der Waals surface area (Å²) < 4.78 is 0. The maximum atomic E-state index is 2.48. The maximum absolute atomic E-state index is 2.48. The molecule has 146 valence electrons. The molecule has 6 rings (SSSR count). The molecule has 5 aliphatic rings. The molecular formula is C30H26. The molecule has 1 atom stereocenters. The first kappa shape index (κ1) is 18.9. The second kappa shape index (κ2) is 6.59. The summed E-state index contributed by atoms with van der Waals surface area (Å²) in [5.41, 5.74) is 1.45. The van der Waals surface area contributed by atoms with Crippen LogP contribution in [0.1, 0.15) is 32.8 Å². The average molecular weight is 387 g/mol. The molecule has 1 aromatic rings. The fourth-order valence-corrected chi connectivity index (χ4v) is 6.23.